The van der Waals surface area contributed by atoms with Gasteiger partial charge < -0.3 is 24.8 Å². The third-order valence-electron chi connectivity index (χ3n) is 6.06. The summed E-state index contributed by atoms with van der Waals surface area (Å²) >= 11 is 0. The maximum Gasteiger partial charge on any atom is 0.203 e. The summed E-state index contributed by atoms with van der Waals surface area (Å²) in [6.07, 6.45) is 2.19. The van der Waals surface area contributed by atoms with Crippen LogP contribution in [0.4, 0.5) is 0 Å². The zero-order valence-electron chi connectivity index (χ0n) is 20.3. The quantitative estimate of drug-likeness (QED) is 0.273. The Morgan fingerprint density at radius 3 is 2.27 bits per heavy atom. The Balaban J connectivity index is 0.00000385. The SMILES string of the molecule is CCC(CNC(=NC)NCc1cc(OC)c(OC)c(OC)c1)N1CCc2ccccc2C1.I. The van der Waals surface area contributed by atoms with Crippen LogP contribution in [-0.4, -0.2) is 58.4 Å². The first-order chi connectivity index (χ1) is 15.6. The number of guanidine groups is 1. The Labute approximate surface area is 214 Å². The number of rotatable bonds is 9. The molecule has 2 aromatic rings. The predicted octanol–water partition coefficient (Wildman–Crippen LogP) is 3.83. The van der Waals surface area contributed by atoms with Crippen LogP contribution in [0.25, 0.3) is 0 Å². The summed E-state index contributed by atoms with van der Waals surface area (Å²) in [7, 11) is 6.65. The van der Waals surface area contributed by atoms with Crippen molar-refractivity contribution in [2.45, 2.75) is 38.9 Å². The average molecular weight is 569 g/mol. The Bertz CT molecular complexity index is 897. The van der Waals surface area contributed by atoms with E-state index in [9.17, 15) is 0 Å². The zero-order valence-corrected chi connectivity index (χ0v) is 22.6. The lowest BCUT2D eigenvalue weighted by Gasteiger charge is -2.35. The number of nitrogens with one attached hydrogen (secondary N) is 2. The van der Waals surface area contributed by atoms with E-state index in [0.717, 1.165) is 44.0 Å². The number of fused-ring (bicyclic) bond motifs is 1. The molecule has 1 unspecified atom stereocenters. The summed E-state index contributed by atoms with van der Waals surface area (Å²) in [5.74, 6) is 2.65. The number of aliphatic imine (C=N–C) groups is 1. The van der Waals surface area contributed by atoms with Gasteiger partial charge in [0.05, 0.1) is 21.3 Å². The molecule has 7 nitrogen and oxygen atoms in total. The summed E-state index contributed by atoms with van der Waals surface area (Å²) in [5.41, 5.74) is 3.94. The van der Waals surface area contributed by atoms with E-state index >= 15 is 0 Å². The number of hydrogen-bond donors (Lipinski definition) is 2. The molecule has 1 heterocycles. The van der Waals surface area contributed by atoms with Gasteiger partial charge in [0.25, 0.3) is 0 Å². The summed E-state index contributed by atoms with van der Waals surface area (Å²) in [6.45, 7) is 5.78. The predicted molar refractivity (Wildman–Crippen MR) is 144 cm³/mol. The minimum atomic E-state index is 0. The summed E-state index contributed by atoms with van der Waals surface area (Å²) < 4.78 is 16.3. The molecule has 0 aromatic heterocycles. The maximum atomic E-state index is 5.45. The fourth-order valence-corrected chi connectivity index (χ4v) is 4.22. The number of hydrogen-bond acceptors (Lipinski definition) is 5. The number of nitrogens with zero attached hydrogens (tertiary/aromatic N) is 2. The van der Waals surface area contributed by atoms with Crippen molar-refractivity contribution in [3.05, 3.63) is 53.1 Å². The van der Waals surface area contributed by atoms with Crippen LogP contribution >= 0.6 is 24.0 Å². The van der Waals surface area contributed by atoms with Crippen LogP contribution in [0.5, 0.6) is 17.2 Å². The smallest absolute Gasteiger partial charge is 0.203 e. The molecule has 0 saturated carbocycles. The summed E-state index contributed by atoms with van der Waals surface area (Å²) in [5, 5.41) is 6.89. The molecule has 2 aromatic carbocycles. The van der Waals surface area contributed by atoms with Crippen LogP contribution in [-0.2, 0) is 19.5 Å². The first-order valence-electron chi connectivity index (χ1n) is 11.2. The maximum absolute atomic E-state index is 5.45. The summed E-state index contributed by atoms with van der Waals surface area (Å²) in [4.78, 5) is 6.97. The zero-order chi connectivity index (χ0) is 22.9. The topological polar surface area (TPSA) is 67.4 Å². The summed E-state index contributed by atoms with van der Waals surface area (Å²) in [6, 6.07) is 13.1. The molecule has 0 bridgehead atoms. The van der Waals surface area contributed by atoms with E-state index in [-0.39, 0.29) is 24.0 Å². The largest absolute Gasteiger partial charge is 0.493 e. The number of halogens is 1. The van der Waals surface area contributed by atoms with E-state index < -0.39 is 0 Å². The molecule has 0 spiro atoms. The van der Waals surface area contributed by atoms with Gasteiger partial charge in [0.15, 0.2) is 17.5 Å². The molecule has 0 aliphatic carbocycles. The van der Waals surface area contributed by atoms with E-state index in [1.165, 1.54) is 11.1 Å². The van der Waals surface area contributed by atoms with Crippen LogP contribution in [0.3, 0.4) is 0 Å². The fraction of sp³-hybridized carbons (Fsp3) is 0.480. The second-order valence-corrected chi connectivity index (χ2v) is 7.89. The lowest BCUT2D eigenvalue weighted by atomic mass is 9.98. The van der Waals surface area contributed by atoms with Gasteiger partial charge in [-0.1, -0.05) is 31.2 Å². The second-order valence-electron chi connectivity index (χ2n) is 7.89. The molecule has 2 N–H and O–H groups in total. The molecule has 0 radical (unpaired) electrons. The van der Waals surface area contributed by atoms with E-state index in [1.54, 1.807) is 28.4 Å². The average Bonchev–Trinajstić information content (AvgIpc) is 2.85. The van der Waals surface area contributed by atoms with Gasteiger partial charge in [0.2, 0.25) is 5.75 Å². The molecule has 182 valence electrons. The number of methoxy groups -OCH3 is 3. The van der Waals surface area contributed by atoms with Gasteiger partial charge in [-0.15, -0.1) is 24.0 Å². The first-order valence-corrected chi connectivity index (χ1v) is 11.2. The first kappa shape index (κ1) is 27.0. The van der Waals surface area contributed by atoms with Gasteiger partial charge in [0.1, 0.15) is 0 Å². The van der Waals surface area contributed by atoms with Crippen LogP contribution in [0.2, 0.25) is 0 Å². The minimum Gasteiger partial charge on any atom is -0.493 e. The Kier molecular flexibility index (Phi) is 11.1. The van der Waals surface area contributed by atoms with E-state index in [2.05, 4.69) is 51.7 Å². The van der Waals surface area contributed by atoms with Crippen LogP contribution in [0, 0.1) is 0 Å². The fourth-order valence-electron chi connectivity index (χ4n) is 4.22. The molecular formula is C25H37IN4O3. The molecule has 0 amide bonds. The normalized spacial score (nSPS) is 14.5. The number of benzene rings is 2. The second kappa shape index (κ2) is 13.5. The minimum absolute atomic E-state index is 0. The van der Waals surface area contributed by atoms with E-state index in [4.69, 9.17) is 14.2 Å². The molecule has 1 atom stereocenters. The van der Waals surface area contributed by atoms with Gasteiger partial charge in [-0.05, 0) is 41.7 Å². The highest BCUT2D eigenvalue weighted by Crippen LogP contribution is 2.38. The standard InChI is InChI=1S/C25H36N4O3.HI/c1-6-21(29-12-11-19-9-7-8-10-20(19)17-29)16-28-25(26-2)27-15-18-13-22(30-3)24(32-5)23(14-18)31-4;/h7-10,13-14,21H,6,11-12,15-17H2,1-5H3,(H2,26,27,28);1H. The van der Waals surface area contributed by atoms with E-state index in [1.807, 2.05) is 12.1 Å². The Morgan fingerprint density at radius 2 is 1.70 bits per heavy atom. The molecule has 1 aliphatic rings. The Morgan fingerprint density at radius 1 is 1.03 bits per heavy atom. The molecule has 3 rings (SSSR count). The number of ether oxygens (including phenoxy) is 3. The lowest BCUT2D eigenvalue weighted by Crippen LogP contribution is -2.48. The third kappa shape index (κ3) is 6.89. The van der Waals surface area contributed by atoms with Crippen LogP contribution in [0.15, 0.2) is 41.4 Å². The molecule has 8 heteroatoms. The van der Waals surface area contributed by atoms with E-state index in [0.29, 0.717) is 29.8 Å². The van der Waals surface area contributed by atoms with Gasteiger partial charge in [0, 0.05) is 39.3 Å². The van der Waals surface area contributed by atoms with Crippen LogP contribution < -0.4 is 24.8 Å². The molecule has 0 fully saturated rings. The van der Waals surface area contributed by atoms with Crippen molar-refractivity contribution < 1.29 is 14.2 Å². The van der Waals surface area contributed by atoms with Gasteiger partial charge in [-0.3, -0.25) is 9.89 Å². The monoisotopic (exact) mass is 568 g/mol. The van der Waals surface area contributed by atoms with Crippen molar-refractivity contribution in [1.29, 1.82) is 0 Å². The molecule has 33 heavy (non-hydrogen) atoms. The van der Waals surface area contributed by atoms with Gasteiger partial charge in [-0.25, -0.2) is 0 Å². The third-order valence-corrected chi connectivity index (χ3v) is 6.06. The van der Waals surface area contributed by atoms with Crippen molar-refractivity contribution >= 4 is 29.9 Å². The van der Waals surface area contributed by atoms with Crippen molar-refractivity contribution in [2.24, 2.45) is 4.99 Å². The van der Waals surface area contributed by atoms with Crippen molar-refractivity contribution in [2.75, 3.05) is 41.5 Å². The Hall–Kier alpha value is -2.20. The highest BCUT2D eigenvalue weighted by molar-refractivity contribution is 14.0. The highest BCUT2D eigenvalue weighted by atomic mass is 127. The van der Waals surface area contributed by atoms with Crippen molar-refractivity contribution in [3.8, 4) is 17.2 Å². The molecule has 1 aliphatic heterocycles. The highest BCUT2D eigenvalue weighted by Gasteiger charge is 2.22. The van der Waals surface area contributed by atoms with Crippen molar-refractivity contribution in [1.82, 2.24) is 15.5 Å². The van der Waals surface area contributed by atoms with Crippen molar-refractivity contribution in [3.63, 3.8) is 0 Å². The molecular weight excluding hydrogens is 531 g/mol. The van der Waals surface area contributed by atoms with Crippen LogP contribution in [0.1, 0.15) is 30.0 Å². The van der Waals surface area contributed by atoms with Gasteiger partial charge >= 0.3 is 0 Å². The van der Waals surface area contributed by atoms with Gasteiger partial charge in [-0.2, -0.15) is 0 Å². The lowest BCUT2D eigenvalue weighted by molar-refractivity contribution is 0.174. The molecule has 0 saturated heterocycles.